The quantitative estimate of drug-likeness (QED) is 0.474. The van der Waals surface area contributed by atoms with E-state index in [1.165, 1.54) is 12.7 Å². The number of benzene rings is 1. The molecule has 1 aromatic rings. The Balaban J connectivity index is 1.58. The van der Waals surface area contributed by atoms with Gasteiger partial charge in [-0.25, -0.2) is 0 Å². The molecule has 26 heavy (non-hydrogen) atoms. The van der Waals surface area contributed by atoms with Crippen molar-refractivity contribution < 1.29 is 14.3 Å². The van der Waals surface area contributed by atoms with E-state index in [2.05, 4.69) is 49.1 Å². The summed E-state index contributed by atoms with van der Waals surface area (Å²) in [4.78, 5) is 20.4. The van der Waals surface area contributed by atoms with Crippen molar-refractivity contribution in [3.63, 3.8) is 0 Å². The molecule has 2 aliphatic rings. The highest BCUT2D eigenvalue weighted by molar-refractivity contribution is 5.81. The standard InChI is InChI=1S/C19H28N4O3/c1-20-19(21-9-8-18(24)25-2)23-13-16-17(14-23)26-11-10-22(16)12-15-6-4-3-5-7-15/h3-7,16-17H,8-14H2,1-2H3,(H,20,21). The molecule has 142 valence electrons. The summed E-state index contributed by atoms with van der Waals surface area (Å²) in [6.45, 7) is 4.84. The van der Waals surface area contributed by atoms with Gasteiger partial charge in [0.2, 0.25) is 0 Å². The Hall–Kier alpha value is -2.12. The zero-order valence-corrected chi connectivity index (χ0v) is 15.6. The van der Waals surface area contributed by atoms with Crippen LogP contribution in [-0.2, 0) is 20.8 Å². The summed E-state index contributed by atoms with van der Waals surface area (Å²) in [6.07, 6.45) is 0.513. The highest BCUT2D eigenvalue weighted by Gasteiger charge is 2.41. The number of hydrogen-bond donors (Lipinski definition) is 1. The fourth-order valence-electron chi connectivity index (χ4n) is 3.66. The number of nitrogens with zero attached hydrogens (tertiary/aromatic N) is 3. The molecule has 0 aromatic heterocycles. The first-order valence-corrected chi connectivity index (χ1v) is 9.13. The van der Waals surface area contributed by atoms with E-state index in [0.29, 0.717) is 19.0 Å². The maximum atomic E-state index is 11.3. The number of methoxy groups -OCH3 is 1. The van der Waals surface area contributed by atoms with Crippen LogP contribution in [0.4, 0.5) is 0 Å². The van der Waals surface area contributed by atoms with Gasteiger partial charge in [-0.05, 0) is 5.56 Å². The number of rotatable bonds is 5. The highest BCUT2D eigenvalue weighted by Crippen LogP contribution is 2.24. The van der Waals surface area contributed by atoms with Crippen molar-refractivity contribution in [1.29, 1.82) is 0 Å². The summed E-state index contributed by atoms with van der Waals surface area (Å²) >= 11 is 0. The van der Waals surface area contributed by atoms with E-state index in [1.54, 1.807) is 7.05 Å². The molecule has 2 fully saturated rings. The summed E-state index contributed by atoms with van der Waals surface area (Å²) in [5, 5.41) is 3.25. The largest absolute Gasteiger partial charge is 0.469 e. The van der Waals surface area contributed by atoms with Gasteiger partial charge in [0.15, 0.2) is 5.96 Å². The van der Waals surface area contributed by atoms with Gasteiger partial charge in [-0.15, -0.1) is 0 Å². The third-order valence-electron chi connectivity index (χ3n) is 5.00. The molecule has 2 atom stereocenters. The molecule has 2 saturated heterocycles. The van der Waals surface area contributed by atoms with E-state index < -0.39 is 0 Å². The molecule has 0 saturated carbocycles. The number of fused-ring (bicyclic) bond motifs is 1. The van der Waals surface area contributed by atoms with Crippen LogP contribution in [0.5, 0.6) is 0 Å². The van der Waals surface area contributed by atoms with E-state index in [9.17, 15) is 4.79 Å². The summed E-state index contributed by atoms with van der Waals surface area (Å²) < 4.78 is 10.7. The minimum Gasteiger partial charge on any atom is -0.469 e. The molecule has 0 bridgehead atoms. The lowest BCUT2D eigenvalue weighted by Gasteiger charge is -2.36. The average Bonchev–Trinajstić information content (AvgIpc) is 3.11. The zero-order valence-electron chi connectivity index (χ0n) is 15.6. The Morgan fingerprint density at radius 1 is 1.35 bits per heavy atom. The molecular formula is C19H28N4O3. The van der Waals surface area contributed by atoms with Gasteiger partial charge in [-0.1, -0.05) is 30.3 Å². The Labute approximate surface area is 155 Å². The van der Waals surface area contributed by atoms with Crippen LogP contribution in [0.1, 0.15) is 12.0 Å². The number of ether oxygens (including phenoxy) is 2. The molecule has 7 nitrogen and oxygen atoms in total. The molecule has 7 heteroatoms. The minimum absolute atomic E-state index is 0.187. The van der Waals surface area contributed by atoms with Gasteiger partial charge in [0.05, 0.1) is 32.3 Å². The van der Waals surface area contributed by atoms with Crippen molar-refractivity contribution in [3.8, 4) is 0 Å². The lowest BCUT2D eigenvalue weighted by Crippen LogP contribution is -2.50. The zero-order chi connectivity index (χ0) is 18.4. The van der Waals surface area contributed by atoms with E-state index in [0.717, 1.165) is 38.7 Å². The topological polar surface area (TPSA) is 66.4 Å². The number of morpholine rings is 1. The van der Waals surface area contributed by atoms with Crippen LogP contribution in [-0.4, -0.2) is 80.8 Å². The molecule has 0 aliphatic carbocycles. The first-order valence-electron chi connectivity index (χ1n) is 9.13. The fraction of sp³-hybridized carbons (Fsp3) is 0.579. The molecule has 0 amide bonds. The number of carbonyl (C=O) groups excluding carboxylic acids is 1. The number of guanidine groups is 1. The third-order valence-corrected chi connectivity index (χ3v) is 5.00. The highest BCUT2D eigenvalue weighted by atomic mass is 16.5. The molecule has 2 heterocycles. The lowest BCUT2D eigenvalue weighted by molar-refractivity contribution is -0.140. The Morgan fingerprint density at radius 3 is 2.88 bits per heavy atom. The first kappa shape index (κ1) is 18.7. The van der Waals surface area contributed by atoms with Crippen LogP contribution in [0.15, 0.2) is 35.3 Å². The van der Waals surface area contributed by atoms with Crippen molar-refractivity contribution in [2.24, 2.45) is 4.99 Å². The molecular weight excluding hydrogens is 332 g/mol. The Bertz CT molecular complexity index is 622. The number of likely N-dealkylation sites (tertiary alicyclic amines) is 1. The van der Waals surface area contributed by atoms with Gasteiger partial charge >= 0.3 is 5.97 Å². The van der Waals surface area contributed by atoms with Crippen molar-refractivity contribution in [1.82, 2.24) is 15.1 Å². The van der Waals surface area contributed by atoms with Crippen molar-refractivity contribution in [3.05, 3.63) is 35.9 Å². The van der Waals surface area contributed by atoms with E-state index in [-0.39, 0.29) is 12.1 Å². The van der Waals surface area contributed by atoms with Gasteiger partial charge < -0.3 is 19.7 Å². The Morgan fingerprint density at radius 2 is 2.15 bits per heavy atom. The summed E-state index contributed by atoms with van der Waals surface area (Å²) in [6, 6.07) is 10.9. The smallest absolute Gasteiger partial charge is 0.307 e. The maximum absolute atomic E-state index is 11.3. The predicted molar refractivity (Wildman–Crippen MR) is 99.9 cm³/mol. The molecule has 2 aliphatic heterocycles. The summed E-state index contributed by atoms with van der Waals surface area (Å²) in [5.74, 6) is 0.590. The predicted octanol–water partition coefficient (Wildman–Crippen LogP) is 0.710. The van der Waals surface area contributed by atoms with Gasteiger partial charge in [0.1, 0.15) is 0 Å². The van der Waals surface area contributed by atoms with Crippen LogP contribution in [0.2, 0.25) is 0 Å². The van der Waals surface area contributed by atoms with Crippen molar-refractivity contribution in [2.75, 3.05) is 46.9 Å². The molecule has 0 spiro atoms. The van der Waals surface area contributed by atoms with Crippen LogP contribution in [0.25, 0.3) is 0 Å². The van der Waals surface area contributed by atoms with E-state index in [1.807, 2.05) is 6.07 Å². The molecule has 0 radical (unpaired) electrons. The average molecular weight is 360 g/mol. The fourth-order valence-corrected chi connectivity index (χ4v) is 3.66. The number of hydrogen-bond acceptors (Lipinski definition) is 5. The summed E-state index contributed by atoms with van der Waals surface area (Å²) in [7, 11) is 3.17. The van der Waals surface area contributed by atoms with Gasteiger partial charge in [0, 0.05) is 39.8 Å². The number of esters is 1. The monoisotopic (exact) mass is 360 g/mol. The normalized spacial score (nSPS) is 23.6. The van der Waals surface area contributed by atoms with Crippen LogP contribution in [0.3, 0.4) is 0 Å². The number of carbonyl (C=O) groups is 1. The lowest BCUT2D eigenvalue weighted by atomic mass is 10.1. The maximum Gasteiger partial charge on any atom is 0.307 e. The second kappa shape index (κ2) is 9.00. The second-order valence-corrected chi connectivity index (χ2v) is 6.64. The SMILES string of the molecule is CN=C(NCCC(=O)OC)N1CC2OCCN(Cc3ccccc3)C2C1. The van der Waals surface area contributed by atoms with E-state index >= 15 is 0 Å². The first-order chi connectivity index (χ1) is 12.7. The molecule has 2 unspecified atom stereocenters. The Kier molecular flexibility index (Phi) is 6.46. The summed E-state index contributed by atoms with van der Waals surface area (Å²) in [5.41, 5.74) is 1.33. The van der Waals surface area contributed by atoms with Gasteiger partial charge in [-0.3, -0.25) is 14.7 Å². The van der Waals surface area contributed by atoms with Gasteiger partial charge in [0.25, 0.3) is 0 Å². The number of nitrogens with one attached hydrogen (secondary N) is 1. The van der Waals surface area contributed by atoms with Crippen LogP contribution >= 0.6 is 0 Å². The second-order valence-electron chi connectivity index (χ2n) is 6.64. The van der Waals surface area contributed by atoms with Crippen molar-refractivity contribution in [2.45, 2.75) is 25.1 Å². The number of aliphatic imine (C=N–C) groups is 1. The van der Waals surface area contributed by atoms with Crippen LogP contribution in [0, 0.1) is 0 Å². The molecule has 1 N–H and O–H groups in total. The van der Waals surface area contributed by atoms with Crippen LogP contribution < -0.4 is 5.32 Å². The molecule has 1 aromatic carbocycles. The third kappa shape index (κ3) is 4.53. The molecule has 3 rings (SSSR count). The minimum atomic E-state index is -0.222. The van der Waals surface area contributed by atoms with E-state index in [4.69, 9.17) is 4.74 Å². The van der Waals surface area contributed by atoms with Crippen molar-refractivity contribution >= 4 is 11.9 Å². The van der Waals surface area contributed by atoms with Gasteiger partial charge in [-0.2, -0.15) is 0 Å².